The zero-order chi connectivity index (χ0) is 54.4. The van der Waals surface area contributed by atoms with Gasteiger partial charge in [0.2, 0.25) is 0 Å². The largest absolute Gasteiger partial charge is 0.741 e. The number of fused-ring (bicyclic) bond motifs is 4. The molecule has 2 aromatic heterocycles. The van der Waals surface area contributed by atoms with Crippen molar-refractivity contribution < 1.29 is 110 Å². The molecular weight excluding hydrogens is 1050 g/mol. The number of halogens is 6. The van der Waals surface area contributed by atoms with Gasteiger partial charge < -0.3 is 47.0 Å². The summed E-state index contributed by atoms with van der Waals surface area (Å²) >= 11 is 0. The highest BCUT2D eigenvalue weighted by atomic mass is 32.2. The predicted molar refractivity (Wildman–Crippen MR) is 240 cm³/mol. The standard InChI is InChI=1S/C24H32O8.C16H12N6O4.2CHF3O3S/c1-2-6-22-21(5-1)29-17-13-25-9-10-27-15-19-31-23-7-3-4-8-24(23)32-20-16-28-12-11-26-14-18-30-22;23-21(24)9-1-3-11-13(7-9)19-15(17-11)5-6-16-18-12-4-2-10(22(25)26)8-14(12)20-16;2*2-1(3,4)8(5,6)7/h1-8H,9-20H2;1-4,7-8H,5-6H2,(H,17,19)(H,18,20);2*(H,5,6,7). The number of nitro groups is 2. The summed E-state index contributed by atoms with van der Waals surface area (Å²) in [5, 5.41) is 21.7. The minimum absolute atomic E-state index is 0.0323. The minimum atomic E-state index is -6.09. The number of benzene rings is 4. The first-order valence-corrected chi connectivity index (χ1v) is 24.2. The quantitative estimate of drug-likeness (QED) is 0.0757. The van der Waals surface area contributed by atoms with E-state index in [-0.39, 0.29) is 11.4 Å². The number of non-ortho nitro benzene ring substituents is 2. The average molecular weight is 1100 g/mol. The summed E-state index contributed by atoms with van der Waals surface area (Å²) in [4.78, 5) is 33.5. The molecule has 4 aromatic carbocycles. The van der Waals surface area contributed by atoms with E-state index in [4.69, 9.17) is 63.8 Å². The summed E-state index contributed by atoms with van der Waals surface area (Å²) in [6.45, 7) is 5.48. The van der Waals surface area contributed by atoms with Gasteiger partial charge in [0.15, 0.2) is 65.3 Å². The number of ether oxygens (including phenoxy) is 8. The number of H-pyrrole nitrogens is 4. The number of aryl methyl sites for hydroxylation is 2. The van der Waals surface area contributed by atoms with Crippen molar-refractivity contribution in [3.63, 3.8) is 0 Å². The van der Waals surface area contributed by atoms with E-state index in [2.05, 4.69) is 19.9 Å². The Hall–Kier alpha value is -6.94. The van der Waals surface area contributed by atoms with Crippen molar-refractivity contribution in [2.45, 2.75) is 23.9 Å². The van der Waals surface area contributed by atoms with Crippen LogP contribution >= 0.6 is 0 Å². The first kappa shape index (κ1) is 59.6. The van der Waals surface area contributed by atoms with Crippen molar-refractivity contribution in [1.82, 2.24) is 9.97 Å². The molecule has 6 aromatic rings. The number of alkyl halides is 6. The third-order valence-electron chi connectivity index (χ3n) is 9.15. The van der Waals surface area contributed by atoms with Crippen LogP contribution in [0.3, 0.4) is 0 Å². The molecule has 0 atom stereocenters. The van der Waals surface area contributed by atoms with Gasteiger partial charge in [0.05, 0.1) is 87.7 Å². The average Bonchev–Trinajstić information content (AvgIpc) is 3.95. The van der Waals surface area contributed by atoms with E-state index in [1.54, 1.807) is 12.1 Å². The smallest absolute Gasteiger partial charge is 0.485 e. The SMILES string of the molecule is O=S(=O)([O-])C(F)(F)F.O=S(=O)([O-])C(F)(F)F.O=[N+]([O-])c1ccc2[nH+]c(CCc3[nH]c4cc([N+](=O)[O-])ccc4[nH+]3)[nH]c2c1.c1ccc2c(c1)OCCOCCOCCOc1ccccc1OCCOCCOCCO2. The zero-order valence-electron chi connectivity index (χ0n) is 38.3. The van der Waals surface area contributed by atoms with Crippen molar-refractivity contribution in [2.24, 2.45) is 0 Å². The van der Waals surface area contributed by atoms with Gasteiger partial charge in [-0.2, -0.15) is 26.3 Å². The van der Waals surface area contributed by atoms with Crippen molar-refractivity contribution in [1.29, 1.82) is 0 Å². The number of aromatic nitrogens is 4. The predicted octanol–water partition coefficient (Wildman–Crippen LogP) is 4.96. The van der Waals surface area contributed by atoms with Gasteiger partial charge in [-0.05, 0) is 36.4 Å². The van der Waals surface area contributed by atoms with E-state index in [1.807, 2.05) is 48.5 Å². The van der Waals surface area contributed by atoms with E-state index in [0.717, 1.165) is 22.7 Å². The van der Waals surface area contributed by atoms with Gasteiger partial charge in [-0.1, -0.05) is 24.3 Å². The molecule has 0 saturated carbocycles. The first-order chi connectivity index (χ1) is 34.9. The minimum Gasteiger partial charge on any atom is -0.741 e. The van der Waals surface area contributed by atoms with Crippen molar-refractivity contribution >= 4 is 53.7 Å². The normalized spacial score (nSPS) is 14.9. The summed E-state index contributed by atoms with van der Waals surface area (Å²) in [6.07, 6.45) is 1.27. The fraction of sp³-hybridized carbons (Fsp3) is 0.381. The number of hydrogen-bond acceptors (Lipinski definition) is 18. The third-order valence-corrected chi connectivity index (χ3v) is 10.3. The third kappa shape index (κ3) is 20.5. The van der Waals surface area contributed by atoms with Crippen LogP contribution in [0.4, 0.5) is 37.7 Å². The number of nitrogens with one attached hydrogen (secondary N) is 4. The number of imidazole rings is 2. The Bertz CT molecular complexity index is 2700. The molecule has 4 N–H and O–H groups in total. The maximum absolute atomic E-state index is 10.8. The second-order valence-electron chi connectivity index (χ2n) is 14.5. The molecule has 74 heavy (non-hydrogen) atoms. The van der Waals surface area contributed by atoms with Crippen LogP contribution < -0.4 is 28.9 Å². The maximum Gasteiger partial charge on any atom is 0.485 e. The van der Waals surface area contributed by atoms with Crippen molar-refractivity contribution in [2.75, 3.05) is 79.3 Å². The Balaban J connectivity index is 0.000000250. The molecule has 3 heterocycles. The molecule has 1 aliphatic rings. The number of nitrogens with zero attached hydrogens (tertiary/aromatic N) is 2. The van der Waals surface area contributed by atoms with Crippen LogP contribution in [0.25, 0.3) is 22.1 Å². The fourth-order valence-electron chi connectivity index (χ4n) is 5.79. The van der Waals surface area contributed by atoms with Crippen LogP contribution in [0.15, 0.2) is 84.9 Å². The Morgan fingerprint density at radius 3 is 0.973 bits per heavy atom. The molecule has 24 nitrogen and oxygen atoms in total. The van der Waals surface area contributed by atoms with Gasteiger partial charge in [-0.15, -0.1) is 0 Å². The lowest BCUT2D eigenvalue weighted by Crippen LogP contribution is -2.21. The lowest BCUT2D eigenvalue weighted by molar-refractivity contribution is -0.385. The highest BCUT2D eigenvalue weighted by molar-refractivity contribution is 7.86. The Kier molecular flexibility index (Phi) is 23.0. The van der Waals surface area contributed by atoms with E-state index in [9.17, 15) is 46.6 Å². The molecule has 0 amide bonds. The van der Waals surface area contributed by atoms with Gasteiger partial charge >= 0.3 is 11.0 Å². The summed E-state index contributed by atoms with van der Waals surface area (Å²) in [7, 11) is -12.2. The van der Waals surface area contributed by atoms with Gasteiger partial charge in [0.25, 0.3) is 23.0 Å². The molecule has 7 rings (SSSR count). The lowest BCUT2D eigenvalue weighted by Gasteiger charge is -2.14. The van der Waals surface area contributed by atoms with Gasteiger partial charge in [0.1, 0.15) is 26.4 Å². The summed E-state index contributed by atoms with van der Waals surface area (Å²) in [5.74, 6) is 4.40. The van der Waals surface area contributed by atoms with Crippen LogP contribution in [0.2, 0.25) is 0 Å². The Labute approximate surface area is 415 Å². The highest BCUT2D eigenvalue weighted by Gasteiger charge is 2.37. The second-order valence-corrected chi connectivity index (χ2v) is 17.2. The lowest BCUT2D eigenvalue weighted by atomic mass is 10.3. The zero-order valence-corrected chi connectivity index (χ0v) is 39.9. The number of rotatable bonds is 5. The van der Waals surface area contributed by atoms with Gasteiger partial charge in [-0.3, -0.25) is 20.2 Å². The molecule has 0 aliphatic carbocycles. The van der Waals surface area contributed by atoms with E-state index < -0.39 is 41.1 Å². The van der Waals surface area contributed by atoms with Crippen molar-refractivity contribution in [3.05, 3.63) is 117 Å². The van der Waals surface area contributed by atoms with Crippen LogP contribution in [0.5, 0.6) is 23.0 Å². The first-order valence-electron chi connectivity index (χ1n) is 21.3. The Morgan fingerprint density at radius 1 is 0.473 bits per heavy atom. The van der Waals surface area contributed by atoms with E-state index in [0.29, 0.717) is 126 Å². The van der Waals surface area contributed by atoms with Crippen molar-refractivity contribution in [3.8, 4) is 23.0 Å². The molecule has 0 fully saturated rings. The topological polar surface area (TPSA) is 334 Å². The molecule has 1 aliphatic heterocycles. The van der Waals surface area contributed by atoms with Crippen LogP contribution in [0.1, 0.15) is 11.6 Å². The summed E-state index contributed by atoms with van der Waals surface area (Å²) in [6, 6.07) is 24.3. The second kappa shape index (κ2) is 28.5. The molecule has 406 valence electrons. The molecular formula is C42H46F6N6O18S2. The van der Waals surface area contributed by atoms with Crippen LogP contribution in [-0.2, 0) is 52.0 Å². The van der Waals surface area contributed by atoms with E-state index >= 15 is 0 Å². The van der Waals surface area contributed by atoms with Gasteiger partial charge in [0, 0.05) is 12.1 Å². The molecule has 32 heteroatoms. The van der Waals surface area contributed by atoms with Gasteiger partial charge in [-0.25, -0.2) is 36.8 Å². The maximum atomic E-state index is 10.8. The molecule has 0 unspecified atom stereocenters. The highest BCUT2D eigenvalue weighted by Crippen LogP contribution is 2.28. The molecule has 0 radical (unpaired) electrons. The van der Waals surface area contributed by atoms with Crippen LogP contribution in [0, 0.1) is 20.2 Å². The molecule has 0 saturated heterocycles. The molecule has 0 bridgehead atoms. The van der Waals surface area contributed by atoms with E-state index in [1.165, 1.54) is 24.3 Å². The van der Waals surface area contributed by atoms with Crippen LogP contribution in [-0.4, -0.2) is 136 Å². The number of nitro benzene ring substituents is 2. The molecule has 0 spiro atoms. The number of hydrogen-bond donors (Lipinski definition) is 2. The number of para-hydroxylation sites is 4. The summed E-state index contributed by atoms with van der Waals surface area (Å²) in [5.41, 5.74) is -8.30. The fourth-order valence-corrected chi connectivity index (χ4v) is 5.79. The number of aromatic amines is 4. The monoisotopic (exact) mass is 1100 g/mol. The summed E-state index contributed by atoms with van der Waals surface area (Å²) < 4.78 is 163. The Morgan fingerprint density at radius 2 is 0.730 bits per heavy atom.